The van der Waals surface area contributed by atoms with Crippen LogP contribution >= 0.6 is 0 Å². The van der Waals surface area contributed by atoms with E-state index in [1.807, 2.05) is 0 Å². The molecule has 21 heavy (non-hydrogen) atoms. The number of esters is 1. The second-order valence-corrected chi connectivity index (χ2v) is 4.31. The second-order valence-electron chi connectivity index (χ2n) is 4.31. The Morgan fingerprint density at radius 1 is 1.52 bits per heavy atom. The van der Waals surface area contributed by atoms with E-state index in [2.05, 4.69) is 11.9 Å². The SMILES string of the molecule is C=CCNC(=O)C(C)OC(=O)c1c(C)cccc1[N+](=O)[O-]. The molecule has 0 heterocycles. The van der Waals surface area contributed by atoms with Gasteiger partial charge in [-0.05, 0) is 19.4 Å². The number of ether oxygens (including phenoxy) is 1. The first-order valence-electron chi connectivity index (χ1n) is 6.22. The summed E-state index contributed by atoms with van der Waals surface area (Å²) in [7, 11) is 0. The topological polar surface area (TPSA) is 98.5 Å². The Kier molecular flexibility index (Phi) is 5.59. The molecule has 0 aliphatic heterocycles. The number of carbonyl (C=O) groups excluding carboxylic acids is 2. The summed E-state index contributed by atoms with van der Waals surface area (Å²) in [5, 5.41) is 13.4. The van der Waals surface area contributed by atoms with E-state index in [1.165, 1.54) is 25.1 Å². The normalized spacial score (nSPS) is 11.3. The van der Waals surface area contributed by atoms with Gasteiger partial charge in [-0.2, -0.15) is 0 Å². The van der Waals surface area contributed by atoms with Crippen LogP contribution in [-0.4, -0.2) is 29.4 Å². The van der Waals surface area contributed by atoms with E-state index < -0.39 is 22.9 Å². The molecule has 1 aromatic carbocycles. The molecule has 0 aliphatic carbocycles. The van der Waals surface area contributed by atoms with Crippen LogP contribution in [0.4, 0.5) is 5.69 Å². The van der Waals surface area contributed by atoms with Crippen LogP contribution < -0.4 is 5.32 Å². The summed E-state index contributed by atoms with van der Waals surface area (Å²) in [5.74, 6) is -1.40. The number of nitro benzene ring substituents is 1. The number of hydrogen-bond donors (Lipinski definition) is 1. The predicted molar refractivity (Wildman–Crippen MR) is 75.9 cm³/mol. The third-order valence-corrected chi connectivity index (χ3v) is 2.73. The number of nitro groups is 1. The standard InChI is InChI=1S/C14H16N2O5/c1-4-8-15-13(17)10(3)21-14(18)12-9(2)6-5-7-11(12)16(19)20/h4-7,10H,1,8H2,2-3H3,(H,15,17). The van der Waals surface area contributed by atoms with Crippen LogP contribution in [0, 0.1) is 17.0 Å². The Bertz CT molecular complexity index is 583. The number of nitrogens with zero attached hydrogens (tertiary/aromatic N) is 1. The molecule has 1 aromatic rings. The van der Waals surface area contributed by atoms with Gasteiger partial charge in [-0.1, -0.05) is 18.2 Å². The minimum absolute atomic E-state index is 0.147. The molecule has 0 radical (unpaired) electrons. The predicted octanol–water partition coefficient (Wildman–Crippen LogP) is 1.75. The number of hydrogen-bond acceptors (Lipinski definition) is 5. The second kappa shape index (κ2) is 7.18. The molecule has 0 spiro atoms. The highest BCUT2D eigenvalue weighted by atomic mass is 16.6. The zero-order chi connectivity index (χ0) is 16.0. The van der Waals surface area contributed by atoms with Crippen molar-refractivity contribution in [3.05, 3.63) is 52.1 Å². The van der Waals surface area contributed by atoms with Crippen LogP contribution in [0.25, 0.3) is 0 Å². The molecule has 1 rings (SSSR count). The van der Waals surface area contributed by atoms with Crippen molar-refractivity contribution in [2.24, 2.45) is 0 Å². The zero-order valence-corrected chi connectivity index (χ0v) is 11.8. The molecule has 0 fully saturated rings. The lowest BCUT2D eigenvalue weighted by atomic mass is 10.1. The molecule has 0 bridgehead atoms. The lowest BCUT2D eigenvalue weighted by Crippen LogP contribution is -2.36. The maximum absolute atomic E-state index is 12.1. The Hall–Kier alpha value is -2.70. The van der Waals surface area contributed by atoms with E-state index in [9.17, 15) is 19.7 Å². The number of benzene rings is 1. The highest BCUT2D eigenvalue weighted by Crippen LogP contribution is 2.23. The van der Waals surface area contributed by atoms with Crippen LogP contribution in [0.3, 0.4) is 0 Å². The van der Waals surface area contributed by atoms with Crippen molar-refractivity contribution in [3.8, 4) is 0 Å². The summed E-state index contributed by atoms with van der Waals surface area (Å²) in [6, 6.07) is 4.25. The molecule has 7 nitrogen and oxygen atoms in total. The number of amides is 1. The average Bonchev–Trinajstić information content (AvgIpc) is 2.43. The van der Waals surface area contributed by atoms with Gasteiger partial charge in [-0.25, -0.2) is 4.79 Å². The summed E-state index contributed by atoms with van der Waals surface area (Å²) in [5.41, 5.74) is -0.0857. The number of rotatable bonds is 6. The first kappa shape index (κ1) is 16.4. The van der Waals surface area contributed by atoms with E-state index in [4.69, 9.17) is 4.74 Å². The highest BCUT2D eigenvalue weighted by molar-refractivity contribution is 5.97. The minimum atomic E-state index is -1.06. The molecule has 7 heteroatoms. The van der Waals surface area contributed by atoms with Crippen molar-refractivity contribution in [2.75, 3.05) is 6.54 Å². The van der Waals surface area contributed by atoms with Crippen LogP contribution in [0.5, 0.6) is 0 Å². The van der Waals surface area contributed by atoms with Crippen molar-refractivity contribution in [3.63, 3.8) is 0 Å². The highest BCUT2D eigenvalue weighted by Gasteiger charge is 2.26. The third-order valence-electron chi connectivity index (χ3n) is 2.73. The molecule has 0 aromatic heterocycles. The van der Waals surface area contributed by atoms with Gasteiger partial charge in [0.1, 0.15) is 5.56 Å². The fourth-order valence-electron chi connectivity index (χ4n) is 1.66. The van der Waals surface area contributed by atoms with Crippen LogP contribution in [0.2, 0.25) is 0 Å². The lowest BCUT2D eigenvalue weighted by molar-refractivity contribution is -0.385. The molecule has 1 amide bonds. The fourth-order valence-corrected chi connectivity index (χ4v) is 1.66. The van der Waals surface area contributed by atoms with Gasteiger partial charge in [0.25, 0.3) is 11.6 Å². The summed E-state index contributed by atoms with van der Waals surface area (Å²) in [4.78, 5) is 33.9. The maximum Gasteiger partial charge on any atom is 0.346 e. The molecule has 112 valence electrons. The number of aryl methyl sites for hydroxylation is 1. The smallest absolute Gasteiger partial charge is 0.346 e. The monoisotopic (exact) mass is 292 g/mol. The molecule has 1 atom stereocenters. The van der Waals surface area contributed by atoms with E-state index in [0.29, 0.717) is 5.56 Å². The molecular weight excluding hydrogens is 276 g/mol. The Morgan fingerprint density at radius 2 is 2.19 bits per heavy atom. The van der Waals surface area contributed by atoms with Gasteiger partial charge >= 0.3 is 5.97 Å². The first-order valence-corrected chi connectivity index (χ1v) is 6.22. The van der Waals surface area contributed by atoms with Crippen LogP contribution in [-0.2, 0) is 9.53 Å². The maximum atomic E-state index is 12.1. The zero-order valence-electron chi connectivity index (χ0n) is 11.8. The van der Waals surface area contributed by atoms with Crippen molar-refractivity contribution in [1.29, 1.82) is 0 Å². The van der Waals surface area contributed by atoms with E-state index in [1.54, 1.807) is 13.0 Å². The van der Waals surface area contributed by atoms with E-state index in [0.717, 1.165) is 0 Å². The van der Waals surface area contributed by atoms with Gasteiger partial charge in [0.05, 0.1) is 4.92 Å². The Balaban J connectivity index is 2.92. The summed E-state index contributed by atoms with van der Waals surface area (Å²) in [6.45, 7) is 6.64. The van der Waals surface area contributed by atoms with Crippen molar-refractivity contribution >= 4 is 17.6 Å². The van der Waals surface area contributed by atoms with Gasteiger partial charge in [0.2, 0.25) is 0 Å². The molecule has 1 unspecified atom stereocenters. The van der Waals surface area contributed by atoms with Gasteiger partial charge < -0.3 is 10.1 Å². The molecule has 0 saturated carbocycles. The Labute approximate surface area is 121 Å². The Morgan fingerprint density at radius 3 is 2.76 bits per heavy atom. The van der Waals surface area contributed by atoms with Crippen LogP contribution in [0.1, 0.15) is 22.8 Å². The van der Waals surface area contributed by atoms with Crippen LogP contribution in [0.15, 0.2) is 30.9 Å². The lowest BCUT2D eigenvalue weighted by Gasteiger charge is -2.13. The minimum Gasteiger partial charge on any atom is -0.449 e. The van der Waals surface area contributed by atoms with Crippen molar-refractivity contribution < 1.29 is 19.2 Å². The van der Waals surface area contributed by atoms with Gasteiger partial charge in [-0.15, -0.1) is 6.58 Å². The molecule has 0 saturated heterocycles. The quantitative estimate of drug-likeness (QED) is 0.373. The van der Waals surface area contributed by atoms with Gasteiger partial charge in [0.15, 0.2) is 6.10 Å². The van der Waals surface area contributed by atoms with E-state index in [-0.39, 0.29) is 17.8 Å². The molecular formula is C14H16N2O5. The van der Waals surface area contributed by atoms with Gasteiger partial charge in [0, 0.05) is 12.6 Å². The van der Waals surface area contributed by atoms with E-state index >= 15 is 0 Å². The molecule has 1 N–H and O–H groups in total. The van der Waals surface area contributed by atoms with Crippen molar-refractivity contribution in [2.45, 2.75) is 20.0 Å². The molecule has 0 aliphatic rings. The number of carbonyl (C=O) groups is 2. The first-order chi connectivity index (χ1) is 9.88. The number of nitrogens with one attached hydrogen (secondary N) is 1. The fraction of sp³-hybridized carbons (Fsp3) is 0.286. The summed E-state index contributed by atoms with van der Waals surface area (Å²) >= 11 is 0. The van der Waals surface area contributed by atoms with Crippen molar-refractivity contribution in [1.82, 2.24) is 5.32 Å². The van der Waals surface area contributed by atoms with Gasteiger partial charge in [-0.3, -0.25) is 14.9 Å². The summed E-state index contributed by atoms with van der Waals surface area (Å²) in [6.07, 6.45) is 0.426. The summed E-state index contributed by atoms with van der Waals surface area (Å²) < 4.78 is 4.98. The largest absolute Gasteiger partial charge is 0.449 e. The average molecular weight is 292 g/mol. The third kappa shape index (κ3) is 4.13.